The number of carbonyl (C=O) groups is 2. The van der Waals surface area contributed by atoms with Gasteiger partial charge in [0.05, 0.1) is 12.1 Å². The maximum absolute atomic E-state index is 12.7. The summed E-state index contributed by atoms with van der Waals surface area (Å²) < 4.78 is 0. The number of hydrogen-bond acceptors (Lipinski definition) is 6. The van der Waals surface area contributed by atoms with Crippen LogP contribution in [0.4, 0.5) is 0 Å². The number of piperazine rings is 1. The van der Waals surface area contributed by atoms with Crippen molar-refractivity contribution in [1.29, 1.82) is 0 Å². The van der Waals surface area contributed by atoms with Gasteiger partial charge in [-0.05, 0) is 42.8 Å². The number of likely N-dealkylation sites (tertiary alicyclic amines) is 2. The molecule has 0 spiro atoms. The number of aromatic hydroxyl groups is 4. The molecule has 4 N–H and O–H groups in total. The SMILES string of the molecule is O=C(c1ccc(O)c(O)c1)N1CC2CC1CN2C(=O)c1ccc(O)c(O)c1. The Labute approximate surface area is 154 Å². The molecule has 2 atom stereocenters. The topological polar surface area (TPSA) is 122 Å². The van der Waals surface area contributed by atoms with Gasteiger partial charge in [-0.3, -0.25) is 9.59 Å². The van der Waals surface area contributed by atoms with E-state index in [4.69, 9.17) is 0 Å². The van der Waals surface area contributed by atoms with E-state index < -0.39 is 0 Å². The van der Waals surface area contributed by atoms with E-state index >= 15 is 0 Å². The second-order valence-electron chi connectivity index (χ2n) is 6.87. The van der Waals surface area contributed by atoms with Gasteiger partial charge in [0.2, 0.25) is 0 Å². The van der Waals surface area contributed by atoms with E-state index in [2.05, 4.69) is 0 Å². The third-order valence-corrected chi connectivity index (χ3v) is 5.21. The number of benzene rings is 2. The van der Waals surface area contributed by atoms with Crippen molar-refractivity contribution < 1.29 is 30.0 Å². The summed E-state index contributed by atoms with van der Waals surface area (Å²) in [6, 6.07) is 7.63. The van der Waals surface area contributed by atoms with E-state index in [1.807, 2.05) is 0 Å². The number of phenolic OH excluding ortho intramolecular Hbond substituents is 4. The van der Waals surface area contributed by atoms with Crippen LogP contribution in [0.1, 0.15) is 27.1 Å². The van der Waals surface area contributed by atoms with Crippen LogP contribution < -0.4 is 0 Å². The Morgan fingerprint density at radius 3 is 1.44 bits per heavy atom. The van der Waals surface area contributed by atoms with E-state index in [0.717, 1.165) is 0 Å². The molecule has 2 aliphatic rings. The summed E-state index contributed by atoms with van der Waals surface area (Å²) >= 11 is 0. The first-order valence-corrected chi connectivity index (χ1v) is 8.51. The van der Waals surface area contributed by atoms with E-state index in [1.54, 1.807) is 9.80 Å². The van der Waals surface area contributed by atoms with Gasteiger partial charge in [0.15, 0.2) is 23.0 Å². The molecule has 2 unspecified atom stereocenters. The predicted octanol–water partition coefficient (Wildman–Crippen LogP) is 1.25. The molecule has 2 saturated heterocycles. The number of hydrogen-bond donors (Lipinski definition) is 4. The largest absolute Gasteiger partial charge is 0.504 e. The molecular weight excluding hydrogens is 352 g/mol. The molecule has 4 rings (SSSR count). The fourth-order valence-electron chi connectivity index (χ4n) is 3.81. The molecule has 2 aromatic rings. The molecule has 0 saturated carbocycles. The molecule has 0 aromatic heterocycles. The highest BCUT2D eigenvalue weighted by molar-refractivity contribution is 5.97. The lowest BCUT2D eigenvalue weighted by molar-refractivity contribution is 0.0526. The number of amides is 2. The zero-order valence-electron chi connectivity index (χ0n) is 14.2. The van der Waals surface area contributed by atoms with Crippen molar-refractivity contribution in [2.45, 2.75) is 18.5 Å². The summed E-state index contributed by atoms with van der Waals surface area (Å²) in [5.74, 6) is -1.80. The van der Waals surface area contributed by atoms with Crippen LogP contribution in [0.25, 0.3) is 0 Å². The minimum absolute atomic E-state index is 0.131. The molecule has 2 fully saturated rings. The average molecular weight is 370 g/mol. The van der Waals surface area contributed by atoms with Gasteiger partial charge in [0.1, 0.15) is 0 Å². The van der Waals surface area contributed by atoms with Crippen LogP contribution in [-0.2, 0) is 0 Å². The van der Waals surface area contributed by atoms with Crippen molar-refractivity contribution >= 4 is 11.8 Å². The molecule has 2 aromatic carbocycles. The lowest BCUT2D eigenvalue weighted by Gasteiger charge is -2.34. The molecule has 2 heterocycles. The average Bonchev–Trinajstić information content (AvgIpc) is 3.26. The van der Waals surface area contributed by atoms with Gasteiger partial charge in [0, 0.05) is 24.2 Å². The van der Waals surface area contributed by atoms with Crippen LogP contribution in [0.15, 0.2) is 36.4 Å². The number of fused-ring (bicyclic) bond motifs is 2. The molecule has 0 aliphatic carbocycles. The first-order chi connectivity index (χ1) is 12.8. The maximum Gasteiger partial charge on any atom is 0.254 e. The van der Waals surface area contributed by atoms with E-state index in [9.17, 15) is 30.0 Å². The number of nitrogens with zero attached hydrogens (tertiary/aromatic N) is 2. The van der Waals surface area contributed by atoms with Crippen LogP contribution in [-0.4, -0.2) is 67.2 Å². The lowest BCUT2D eigenvalue weighted by Crippen LogP contribution is -2.50. The van der Waals surface area contributed by atoms with Gasteiger partial charge < -0.3 is 30.2 Å². The molecule has 2 aliphatic heterocycles. The summed E-state index contributed by atoms with van der Waals surface area (Å²) in [6.45, 7) is 0.752. The maximum atomic E-state index is 12.7. The van der Waals surface area contributed by atoms with Crippen LogP contribution in [0.2, 0.25) is 0 Å². The third kappa shape index (κ3) is 2.79. The molecular formula is C19H18N2O6. The fraction of sp³-hybridized carbons (Fsp3) is 0.263. The molecule has 27 heavy (non-hydrogen) atoms. The van der Waals surface area contributed by atoms with Gasteiger partial charge in [0.25, 0.3) is 11.8 Å². The number of rotatable bonds is 2. The monoisotopic (exact) mass is 370 g/mol. The van der Waals surface area contributed by atoms with Crippen molar-refractivity contribution in [1.82, 2.24) is 9.80 Å². The summed E-state index contributed by atoms with van der Waals surface area (Å²) in [6.07, 6.45) is 0.658. The van der Waals surface area contributed by atoms with Crippen molar-refractivity contribution in [2.75, 3.05) is 13.1 Å². The van der Waals surface area contributed by atoms with Gasteiger partial charge in [-0.15, -0.1) is 0 Å². The highest BCUT2D eigenvalue weighted by atomic mass is 16.3. The first kappa shape index (κ1) is 17.0. The van der Waals surface area contributed by atoms with E-state index in [0.29, 0.717) is 19.5 Å². The molecule has 0 radical (unpaired) electrons. The third-order valence-electron chi connectivity index (χ3n) is 5.21. The highest BCUT2D eigenvalue weighted by Gasteiger charge is 2.47. The summed E-state index contributed by atoms with van der Waals surface area (Å²) in [5.41, 5.74) is 0.554. The smallest absolute Gasteiger partial charge is 0.254 e. The van der Waals surface area contributed by atoms with Crippen LogP contribution in [0.3, 0.4) is 0 Å². The van der Waals surface area contributed by atoms with Crippen LogP contribution in [0.5, 0.6) is 23.0 Å². The van der Waals surface area contributed by atoms with Crippen molar-refractivity contribution in [3.63, 3.8) is 0 Å². The van der Waals surface area contributed by atoms with Gasteiger partial charge in [-0.1, -0.05) is 0 Å². The van der Waals surface area contributed by atoms with E-state index in [1.165, 1.54) is 36.4 Å². The standard InChI is InChI=1S/C19H18N2O6/c22-14-3-1-10(5-16(14)24)18(26)20-8-13-7-12(20)9-21(13)19(27)11-2-4-15(23)17(25)6-11/h1-6,12-13,22-25H,7-9H2. The summed E-state index contributed by atoms with van der Waals surface area (Å²) in [7, 11) is 0. The van der Waals surface area contributed by atoms with Gasteiger partial charge in [-0.2, -0.15) is 0 Å². The minimum atomic E-state index is -0.353. The van der Waals surface area contributed by atoms with Crippen molar-refractivity contribution in [3.8, 4) is 23.0 Å². The fourth-order valence-corrected chi connectivity index (χ4v) is 3.81. The lowest BCUT2D eigenvalue weighted by atomic mass is 10.1. The Kier molecular flexibility index (Phi) is 3.83. The Balaban J connectivity index is 1.48. The molecule has 140 valence electrons. The van der Waals surface area contributed by atoms with Crippen molar-refractivity contribution in [2.24, 2.45) is 0 Å². The summed E-state index contributed by atoms with van der Waals surface area (Å²) in [5, 5.41) is 38.0. The quantitative estimate of drug-likeness (QED) is 0.590. The normalized spacial score (nSPS) is 20.9. The number of phenols is 4. The van der Waals surface area contributed by atoms with Gasteiger partial charge in [-0.25, -0.2) is 0 Å². The highest BCUT2D eigenvalue weighted by Crippen LogP contribution is 2.35. The predicted molar refractivity (Wildman–Crippen MR) is 93.8 cm³/mol. The Morgan fingerprint density at radius 1 is 0.704 bits per heavy atom. The Bertz CT molecular complexity index is 868. The molecule has 2 bridgehead atoms. The molecule has 8 nitrogen and oxygen atoms in total. The Morgan fingerprint density at radius 2 is 1.11 bits per heavy atom. The van der Waals surface area contributed by atoms with Crippen LogP contribution in [0, 0.1) is 0 Å². The number of carbonyl (C=O) groups excluding carboxylic acids is 2. The first-order valence-electron chi connectivity index (χ1n) is 8.51. The second-order valence-corrected chi connectivity index (χ2v) is 6.87. The van der Waals surface area contributed by atoms with E-state index in [-0.39, 0.29) is 58.0 Å². The van der Waals surface area contributed by atoms with Gasteiger partial charge >= 0.3 is 0 Å². The van der Waals surface area contributed by atoms with Crippen LogP contribution >= 0.6 is 0 Å². The second kappa shape index (κ2) is 6.08. The zero-order valence-corrected chi connectivity index (χ0v) is 14.2. The molecule has 8 heteroatoms. The summed E-state index contributed by atoms with van der Waals surface area (Å²) in [4.78, 5) is 28.7. The Hall–Kier alpha value is -3.42. The van der Waals surface area contributed by atoms with Crippen molar-refractivity contribution in [3.05, 3.63) is 47.5 Å². The zero-order chi connectivity index (χ0) is 19.3. The molecule has 2 amide bonds. The minimum Gasteiger partial charge on any atom is -0.504 e.